The van der Waals surface area contributed by atoms with E-state index in [0.717, 1.165) is 6.42 Å². The molecular formula is C15H29NO. The van der Waals surface area contributed by atoms with E-state index in [1.165, 1.54) is 12.6 Å². The quantitative estimate of drug-likeness (QED) is 0.871. The summed E-state index contributed by atoms with van der Waals surface area (Å²) in [5, 5.41) is 0. The molecule has 2 nitrogen and oxygen atoms in total. The number of nitrogens with two attached hydrogens (primary N) is 1. The normalized spacial score (nSPS) is 7.24. The molecule has 100 valence electrons. The minimum Gasteiger partial charge on any atom is -0.333 e. The Kier molecular flexibility index (Phi) is 25.3. The second kappa shape index (κ2) is 20.3. The molecule has 2 heteroatoms. The summed E-state index contributed by atoms with van der Waals surface area (Å²) < 4.78 is 0. The molecule has 0 saturated heterocycles. The summed E-state index contributed by atoms with van der Waals surface area (Å²) in [6.45, 7) is 9.63. The van der Waals surface area contributed by atoms with Crippen LogP contribution in [0.25, 0.3) is 0 Å². The van der Waals surface area contributed by atoms with Crippen LogP contribution in [0.1, 0.15) is 46.6 Å². The van der Waals surface area contributed by atoms with Gasteiger partial charge in [0.15, 0.2) is 0 Å². The van der Waals surface area contributed by atoms with Crippen LogP contribution in [0.4, 0.5) is 0 Å². The number of hydrogen-bond acceptors (Lipinski definition) is 2. The van der Waals surface area contributed by atoms with Gasteiger partial charge in [0.05, 0.1) is 0 Å². The van der Waals surface area contributed by atoms with E-state index in [-0.39, 0.29) is 5.78 Å². The van der Waals surface area contributed by atoms with Gasteiger partial charge in [-0.15, -0.1) is 0 Å². The van der Waals surface area contributed by atoms with Gasteiger partial charge in [0.1, 0.15) is 5.78 Å². The van der Waals surface area contributed by atoms with Gasteiger partial charge in [0.25, 0.3) is 0 Å². The SMILES string of the molecule is CC.CC.CC(=O)CCc1ccccc1.CN. The Balaban J connectivity index is -0.000000285. The molecule has 0 aliphatic carbocycles. The highest BCUT2D eigenvalue weighted by atomic mass is 16.1. The van der Waals surface area contributed by atoms with Gasteiger partial charge in [0.2, 0.25) is 0 Å². The van der Waals surface area contributed by atoms with Crippen LogP contribution in [-0.4, -0.2) is 12.8 Å². The molecule has 0 heterocycles. The summed E-state index contributed by atoms with van der Waals surface area (Å²) in [5.41, 5.74) is 5.74. The first kappa shape index (κ1) is 21.2. The molecule has 0 fully saturated rings. The molecule has 0 unspecified atom stereocenters. The number of ketones is 1. The number of carbonyl (C=O) groups is 1. The third-order valence-electron chi connectivity index (χ3n) is 1.61. The fourth-order valence-electron chi connectivity index (χ4n) is 0.965. The Hall–Kier alpha value is -1.15. The number of rotatable bonds is 3. The van der Waals surface area contributed by atoms with E-state index in [9.17, 15) is 4.79 Å². The predicted octanol–water partition coefficient (Wildman–Crippen LogP) is 3.84. The van der Waals surface area contributed by atoms with E-state index >= 15 is 0 Å². The van der Waals surface area contributed by atoms with Crippen LogP contribution >= 0.6 is 0 Å². The molecule has 0 saturated carbocycles. The minimum absolute atomic E-state index is 0.258. The maximum Gasteiger partial charge on any atom is 0.130 e. The summed E-state index contributed by atoms with van der Waals surface area (Å²) in [7, 11) is 1.50. The molecule has 0 amide bonds. The van der Waals surface area contributed by atoms with Crippen molar-refractivity contribution in [1.82, 2.24) is 0 Å². The maximum absolute atomic E-state index is 10.6. The van der Waals surface area contributed by atoms with Crippen LogP contribution in [-0.2, 0) is 11.2 Å². The van der Waals surface area contributed by atoms with Crippen LogP contribution < -0.4 is 5.73 Å². The number of Topliss-reactive ketones (excluding diaryl/α,β-unsaturated/α-hetero) is 1. The molecule has 0 aliphatic rings. The minimum atomic E-state index is 0.258. The summed E-state index contributed by atoms with van der Waals surface area (Å²) in [5.74, 6) is 0.258. The Bertz CT molecular complexity index is 232. The molecule has 0 aliphatic heterocycles. The van der Waals surface area contributed by atoms with E-state index in [1.54, 1.807) is 6.92 Å². The molecule has 17 heavy (non-hydrogen) atoms. The van der Waals surface area contributed by atoms with Crippen molar-refractivity contribution in [3.63, 3.8) is 0 Å². The number of benzene rings is 1. The Morgan fingerprint density at radius 2 is 1.41 bits per heavy atom. The average molecular weight is 239 g/mol. The van der Waals surface area contributed by atoms with Gasteiger partial charge in [-0.25, -0.2) is 0 Å². The monoisotopic (exact) mass is 239 g/mol. The molecule has 1 rings (SSSR count). The van der Waals surface area contributed by atoms with E-state index in [1.807, 2.05) is 58.0 Å². The van der Waals surface area contributed by atoms with Crippen molar-refractivity contribution in [3.05, 3.63) is 35.9 Å². The molecule has 0 radical (unpaired) electrons. The second-order valence-corrected chi connectivity index (χ2v) is 2.69. The van der Waals surface area contributed by atoms with Gasteiger partial charge in [-0.05, 0) is 26.0 Å². The smallest absolute Gasteiger partial charge is 0.130 e. The van der Waals surface area contributed by atoms with Crippen LogP contribution in [0.5, 0.6) is 0 Å². The van der Waals surface area contributed by atoms with Gasteiger partial charge in [-0.1, -0.05) is 58.0 Å². The lowest BCUT2D eigenvalue weighted by Gasteiger charge is -1.96. The first-order valence-corrected chi connectivity index (χ1v) is 6.40. The molecule has 0 aromatic heterocycles. The summed E-state index contributed by atoms with van der Waals surface area (Å²) in [4.78, 5) is 10.6. The molecule has 1 aromatic rings. The zero-order valence-corrected chi connectivity index (χ0v) is 12.3. The predicted molar refractivity (Wildman–Crippen MR) is 78.3 cm³/mol. The highest BCUT2D eigenvalue weighted by Crippen LogP contribution is 2.01. The van der Waals surface area contributed by atoms with Crippen molar-refractivity contribution in [1.29, 1.82) is 0 Å². The van der Waals surface area contributed by atoms with E-state index in [4.69, 9.17) is 0 Å². The van der Waals surface area contributed by atoms with Crippen LogP contribution in [0.2, 0.25) is 0 Å². The largest absolute Gasteiger partial charge is 0.333 e. The lowest BCUT2D eigenvalue weighted by Crippen LogP contribution is -1.92. The second-order valence-electron chi connectivity index (χ2n) is 2.69. The maximum atomic E-state index is 10.6. The third-order valence-corrected chi connectivity index (χ3v) is 1.61. The first-order valence-electron chi connectivity index (χ1n) is 6.40. The lowest BCUT2D eigenvalue weighted by atomic mass is 10.1. The summed E-state index contributed by atoms with van der Waals surface area (Å²) >= 11 is 0. The van der Waals surface area contributed by atoms with E-state index < -0.39 is 0 Å². The Morgan fingerprint density at radius 3 is 1.76 bits per heavy atom. The number of aryl methyl sites for hydroxylation is 1. The van der Waals surface area contributed by atoms with Crippen LogP contribution in [0, 0.1) is 0 Å². The highest BCUT2D eigenvalue weighted by molar-refractivity contribution is 5.75. The zero-order valence-electron chi connectivity index (χ0n) is 12.3. The van der Waals surface area contributed by atoms with E-state index in [2.05, 4.69) is 5.73 Å². The van der Waals surface area contributed by atoms with Crippen molar-refractivity contribution < 1.29 is 4.79 Å². The van der Waals surface area contributed by atoms with E-state index in [0.29, 0.717) is 6.42 Å². The topological polar surface area (TPSA) is 43.1 Å². The van der Waals surface area contributed by atoms with Gasteiger partial charge in [-0.3, -0.25) is 0 Å². The molecular weight excluding hydrogens is 210 g/mol. The van der Waals surface area contributed by atoms with Crippen molar-refractivity contribution >= 4 is 5.78 Å². The number of carbonyl (C=O) groups excluding carboxylic acids is 1. The summed E-state index contributed by atoms with van der Waals surface area (Å²) in [6, 6.07) is 10.1. The lowest BCUT2D eigenvalue weighted by molar-refractivity contribution is -0.116. The van der Waals surface area contributed by atoms with Gasteiger partial charge in [-0.2, -0.15) is 0 Å². The fourth-order valence-corrected chi connectivity index (χ4v) is 0.965. The van der Waals surface area contributed by atoms with Crippen molar-refractivity contribution in [3.8, 4) is 0 Å². The Labute approximate surface area is 107 Å². The molecule has 0 atom stereocenters. The average Bonchev–Trinajstić information content (AvgIpc) is 2.44. The standard InChI is InChI=1S/C10H12O.2C2H6.CH5N/c1-9(11)7-8-10-5-3-2-4-6-10;3*1-2/h2-6H,7-8H2,1H3;2*1-2H3;2H2,1H3. The van der Waals surface area contributed by atoms with Crippen LogP contribution in [0.15, 0.2) is 30.3 Å². The van der Waals surface area contributed by atoms with Gasteiger partial charge >= 0.3 is 0 Å². The molecule has 1 aromatic carbocycles. The van der Waals surface area contributed by atoms with Crippen molar-refractivity contribution in [2.24, 2.45) is 5.73 Å². The van der Waals surface area contributed by atoms with Gasteiger partial charge in [0, 0.05) is 6.42 Å². The molecule has 0 bridgehead atoms. The van der Waals surface area contributed by atoms with Crippen molar-refractivity contribution in [2.75, 3.05) is 7.05 Å². The highest BCUT2D eigenvalue weighted by Gasteiger charge is 1.94. The fraction of sp³-hybridized carbons (Fsp3) is 0.533. The Morgan fingerprint density at radius 1 is 1.00 bits per heavy atom. The van der Waals surface area contributed by atoms with Gasteiger partial charge < -0.3 is 10.5 Å². The first-order chi connectivity index (χ1) is 8.29. The zero-order chi connectivity index (χ0) is 14.1. The molecule has 0 spiro atoms. The third kappa shape index (κ3) is 17.5. The van der Waals surface area contributed by atoms with Crippen LogP contribution in [0.3, 0.4) is 0 Å². The summed E-state index contributed by atoms with van der Waals surface area (Å²) in [6.07, 6.45) is 1.53. The number of hydrogen-bond donors (Lipinski definition) is 1. The van der Waals surface area contributed by atoms with Crippen molar-refractivity contribution in [2.45, 2.75) is 47.5 Å². The molecule has 2 N–H and O–H groups in total.